The highest BCUT2D eigenvalue weighted by atomic mass is 35.5. The maximum atomic E-state index is 12.2. The van der Waals surface area contributed by atoms with Gasteiger partial charge in [0.2, 0.25) is 0 Å². The number of amides is 1. The molecule has 0 radical (unpaired) electrons. The monoisotopic (exact) mass is 403 g/mol. The zero-order valence-corrected chi connectivity index (χ0v) is 16.3. The SMILES string of the molecule is COC(=O)c1ccc(CNC(=O)c2nc(Cn3nc(C)c(Cl)c3C)no2)cc1. The minimum Gasteiger partial charge on any atom is -0.465 e. The zero-order valence-electron chi connectivity index (χ0n) is 15.5. The molecule has 0 atom stereocenters. The first-order chi connectivity index (χ1) is 13.4. The van der Waals surface area contributed by atoms with Crippen molar-refractivity contribution in [1.82, 2.24) is 25.2 Å². The van der Waals surface area contributed by atoms with E-state index in [-0.39, 0.29) is 19.0 Å². The van der Waals surface area contributed by atoms with Gasteiger partial charge in [-0.25, -0.2) is 4.79 Å². The molecule has 0 unspecified atom stereocenters. The molecule has 10 heteroatoms. The molecule has 28 heavy (non-hydrogen) atoms. The van der Waals surface area contributed by atoms with E-state index in [1.165, 1.54) is 7.11 Å². The van der Waals surface area contributed by atoms with Gasteiger partial charge in [0.25, 0.3) is 0 Å². The average molecular weight is 404 g/mol. The third kappa shape index (κ3) is 4.20. The van der Waals surface area contributed by atoms with Gasteiger partial charge in [-0.3, -0.25) is 9.48 Å². The van der Waals surface area contributed by atoms with Gasteiger partial charge >= 0.3 is 17.8 Å². The Bertz CT molecular complexity index is 1010. The molecule has 0 aliphatic heterocycles. The molecule has 3 rings (SSSR count). The summed E-state index contributed by atoms with van der Waals surface area (Å²) in [5.74, 6) is -0.747. The second kappa shape index (κ2) is 8.22. The van der Waals surface area contributed by atoms with Crippen LogP contribution < -0.4 is 5.32 Å². The fourth-order valence-corrected chi connectivity index (χ4v) is 2.64. The minimum absolute atomic E-state index is 0.145. The van der Waals surface area contributed by atoms with E-state index in [2.05, 4.69) is 25.3 Å². The van der Waals surface area contributed by atoms with Crippen LogP contribution in [0.1, 0.15) is 43.8 Å². The van der Waals surface area contributed by atoms with Crippen LogP contribution in [0, 0.1) is 13.8 Å². The summed E-state index contributed by atoms with van der Waals surface area (Å²) in [6, 6.07) is 6.69. The lowest BCUT2D eigenvalue weighted by Crippen LogP contribution is -2.23. The average Bonchev–Trinajstić information content (AvgIpc) is 3.27. The van der Waals surface area contributed by atoms with Gasteiger partial charge in [-0.2, -0.15) is 10.1 Å². The smallest absolute Gasteiger partial charge is 0.337 e. The molecule has 9 nitrogen and oxygen atoms in total. The van der Waals surface area contributed by atoms with Gasteiger partial charge in [0.1, 0.15) is 6.54 Å². The standard InChI is InChI=1S/C18H18ClN5O4/c1-10-15(19)11(2)24(22-10)9-14-21-17(28-23-14)16(25)20-8-12-4-6-13(7-5-12)18(26)27-3/h4-7H,8-9H2,1-3H3,(H,20,25). The van der Waals surface area contributed by atoms with E-state index >= 15 is 0 Å². The van der Waals surface area contributed by atoms with Crippen molar-refractivity contribution in [1.29, 1.82) is 0 Å². The molecule has 0 bridgehead atoms. The number of esters is 1. The summed E-state index contributed by atoms with van der Waals surface area (Å²) in [4.78, 5) is 27.7. The van der Waals surface area contributed by atoms with Gasteiger partial charge in [-0.15, -0.1) is 0 Å². The number of methoxy groups -OCH3 is 1. The number of nitrogens with zero attached hydrogens (tertiary/aromatic N) is 4. The summed E-state index contributed by atoms with van der Waals surface area (Å²) in [7, 11) is 1.32. The Hall–Kier alpha value is -3.20. The summed E-state index contributed by atoms with van der Waals surface area (Å²) in [6.45, 7) is 4.12. The number of rotatable bonds is 6. The van der Waals surface area contributed by atoms with Crippen LogP contribution in [0.15, 0.2) is 28.8 Å². The van der Waals surface area contributed by atoms with E-state index in [0.29, 0.717) is 22.1 Å². The molecule has 0 saturated carbocycles. The molecule has 1 aromatic carbocycles. The van der Waals surface area contributed by atoms with E-state index in [1.54, 1.807) is 35.9 Å². The number of nitrogens with one attached hydrogen (secondary N) is 1. The Morgan fingerprint density at radius 3 is 2.57 bits per heavy atom. The maximum Gasteiger partial charge on any atom is 0.337 e. The molecular weight excluding hydrogens is 386 g/mol. The van der Waals surface area contributed by atoms with E-state index in [9.17, 15) is 9.59 Å². The number of carbonyl (C=O) groups excluding carboxylic acids is 2. The van der Waals surface area contributed by atoms with Crippen molar-refractivity contribution >= 4 is 23.5 Å². The van der Waals surface area contributed by atoms with E-state index in [0.717, 1.165) is 11.3 Å². The van der Waals surface area contributed by atoms with Crippen molar-refractivity contribution in [2.24, 2.45) is 0 Å². The number of aryl methyl sites for hydroxylation is 1. The Kier molecular flexibility index (Phi) is 5.74. The van der Waals surface area contributed by atoms with Gasteiger partial charge < -0.3 is 14.6 Å². The molecule has 1 amide bonds. The third-order valence-electron chi connectivity index (χ3n) is 4.07. The normalized spacial score (nSPS) is 10.7. The lowest BCUT2D eigenvalue weighted by molar-refractivity contribution is 0.0600. The number of ether oxygens (including phenoxy) is 1. The number of carbonyl (C=O) groups is 2. The molecule has 1 N–H and O–H groups in total. The highest BCUT2D eigenvalue weighted by Crippen LogP contribution is 2.19. The number of hydrogen-bond acceptors (Lipinski definition) is 7. The van der Waals surface area contributed by atoms with Crippen molar-refractivity contribution in [3.8, 4) is 0 Å². The summed E-state index contributed by atoms with van der Waals surface area (Å²) in [5.41, 5.74) is 2.73. The van der Waals surface area contributed by atoms with Crippen LogP contribution in [0.5, 0.6) is 0 Å². The van der Waals surface area contributed by atoms with Gasteiger partial charge in [0.15, 0.2) is 5.82 Å². The fraction of sp³-hybridized carbons (Fsp3) is 0.278. The number of aromatic nitrogens is 4. The highest BCUT2D eigenvalue weighted by molar-refractivity contribution is 6.31. The van der Waals surface area contributed by atoms with Crippen molar-refractivity contribution in [2.45, 2.75) is 26.9 Å². The first kappa shape index (κ1) is 19.6. The molecular formula is C18H18ClN5O4. The van der Waals surface area contributed by atoms with Crippen molar-refractivity contribution in [3.63, 3.8) is 0 Å². The lowest BCUT2D eigenvalue weighted by Gasteiger charge is -2.04. The zero-order chi connectivity index (χ0) is 20.3. The Labute approximate surface area is 165 Å². The largest absolute Gasteiger partial charge is 0.465 e. The van der Waals surface area contributed by atoms with Crippen molar-refractivity contribution in [3.05, 3.63) is 63.5 Å². The van der Waals surface area contributed by atoms with Crippen LogP contribution in [0.25, 0.3) is 0 Å². The van der Waals surface area contributed by atoms with Crippen LogP contribution in [-0.4, -0.2) is 38.9 Å². The first-order valence-corrected chi connectivity index (χ1v) is 8.74. The molecule has 0 aliphatic carbocycles. The van der Waals surface area contributed by atoms with Crippen molar-refractivity contribution in [2.75, 3.05) is 7.11 Å². The van der Waals surface area contributed by atoms with Gasteiger partial charge in [-0.05, 0) is 31.5 Å². The summed E-state index contributed by atoms with van der Waals surface area (Å²) >= 11 is 6.12. The fourth-order valence-electron chi connectivity index (χ4n) is 2.51. The second-order valence-electron chi connectivity index (χ2n) is 6.03. The van der Waals surface area contributed by atoms with Crippen LogP contribution in [-0.2, 0) is 17.8 Å². The highest BCUT2D eigenvalue weighted by Gasteiger charge is 2.17. The lowest BCUT2D eigenvalue weighted by atomic mass is 10.1. The van der Waals surface area contributed by atoms with Crippen LogP contribution in [0.3, 0.4) is 0 Å². The molecule has 0 aliphatic rings. The Morgan fingerprint density at radius 2 is 1.96 bits per heavy atom. The predicted molar refractivity (Wildman–Crippen MR) is 99.1 cm³/mol. The van der Waals surface area contributed by atoms with Crippen LogP contribution in [0.2, 0.25) is 5.02 Å². The van der Waals surface area contributed by atoms with Gasteiger partial charge in [0.05, 0.1) is 29.1 Å². The van der Waals surface area contributed by atoms with E-state index in [1.807, 2.05) is 6.92 Å². The Morgan fingerprint density at radius 1 is 1.25 bits per heavy atom. The predicted octanol–water partition coefficient (Wildman–Crippen LogP) is 2.30. The molecule has 2 heterocycles. The quantitative estimate of drug-likeness (QED) is 0.628. The summed E-state index contributed by atoms with van der Waals surface area (Å²) < 4.78 is 11.3. The molecule has 146 valence electrons. The van der Waals surface area contributed by atoms with E-state index in [4.69, 9.17) is 16.1 Å². The third-order valence-corrected chi connectivity index (χ3v) is 4.62. The Balaban J connectivity index is 1.59. The summed E-state index contributed by atoms with van der Waals surface area (Å²) in [6.07, 6.45) is 0. The van der Waals surface area contributed by atoms with Gasteiger partial charge in [-0.1, -0.05) is 28.9 Å². The van der Waals surface area contributed by atoms with Crippen LogP contribution in [0.4, 0.5) is 0 Å². The molecule has 0 saturated heterocycles. The molecule has 2 aromatic heterocycles. The second-order valence-corrected chi connectivity index (χ2v) is 6.41. The van der Waals surface area contributed by atoms with E-state index < -0.39 is 11.9 Å². The molecule has 0 fully saturated rings. The molecule has 0 spiro atoms. The number of benzene rings is 1. The maximum absolute atomic E-state index is 12.2. The number of halogens is 1. The van der Waals surface area contributed by atoms with Gasteiger partial charge in [0, 0.05) is 6.54 Å². The summed E-state index contributed by atoms with van der Waals surface area (Å²) in [5, 5.41) is 11.4. The molecule has 3 aromatic rings. The number of hydrogen-bond donors (Lipinski definition) is 1. The van der Waals surface area contributed by atoms with Crippen molar-refractivity contribution < 1.29 is 18.8 Å². The first-order valence-electron chi connectivity index (χ1n) is 8.36. The minimum atomic E-state index is -0.498. The topological polar surface area (TPSA) is 112 Å². The van der Waals surface area contributed by atoms with Crippen LogP contribution >= 0.6 is 11.6 Å².